The highest BCUT2D eigenvalue weighted by Gasteiger charge is 2.34. The van der Waals surface area contributed by atoms with E-state index in [-0.39, 0.29) is 5.75 Å². The Morgan fingerprint density at radius 3 is 2.94 bits per heavy atom. The largest absolute Gasteiger partial charge is 0.573 e. The molecular formula is C12H13F3N2O. The van der Waals surface area contributed by atoms with Crippen molar-refractivity contribution >= 4 is 5.69 Å². The third-order valence-corrected chi connectivity index (χ3v) is 3.40. The van der Waals surface area contributed by atoms with Crippen molar-refractivity contribution < 1.29 is 17.9 Å². The van der Waals surface area contributed by atoms with Gasteiger partial charge in [-0.05, 0) is 30.2 Å². The van der Waals surface area contributed by atoms with Crippen molar-refractivity contribution in [3.8, 4) is 5.75 Å². The van der Waals surface area contributed by atoms with Gasteiger partial charge >= 0.3 is 6.36 Å². The van der Waals surface area contributed by atoms with Crippen molar-refractivity contribution in [2.24, 2.45) is 0 Å². The van der Waals surface area contributed by atoms with Crippen LogP contribution in [0.1, 0.15) is 5.56 Å². The molecule has 0 saturated carbocycles. The second-order valence-electron chi connectivity index (χ2n) is 4.59. The Bertz CT molecular complexity index is 461. The average Bonchev–Trinajstić information content (AvgIpc) is 2.64. The molecule has 98 valence electrons. The van der Waals surface area contributed by atoms with E-state index >= 15 is 0 Å². The highest BCUT2D eigenvalue weighted by atomic mass is 19.4. The number of ether oxygens (including phenoxy) is 1. The number of fused-ring (bicyclic) bond motifs is 3. The number of anilines is 1. The van der Waals surface area contributed by atoms with Gasteiger partial charge in [-0.15, -0.1) is 13.2 Å². The molecule has 3 nitrogen and oxygen atoms in total. The Kier molecular flexibility index (Phi) is 2.62. The van der Waals surface area contributed by atoms with Crippen molar-refractivity contribution in [2.75, 3.05) is 24.5 Å². The number of nitrogens with zero attached hydrogens (tertiary/aromatic N) is 1. The van der Waals surface area contributed by atoms with Gasteiger partial charge in [0.1, 0.15) is 5.75 Å². The lowest BCUT2D eigenvalue weighted by atomic mass is 10.1. The molecule has 2 heterocycles. The summed E-state index contributed by atoms with van der Waals surface area (Å²) in [4.78, 5) is 2.25. The lowest BCUT2D eigenvalue weighted by Gasteiger charge is -2.32. The van der Waals surface area contributed by atoms with Crippen LogP contribution in [0.2, 0.25) is 0 Å². The van der Waals surface area contributed by atoms with Crippen LogP contribution in [0.5, 0.6) is 5.75 Å². The second kappa shape index (κ2) is 4.05. The first-order chi connectivity index (χ1) is 8.53. The third-order valence-electron chi connectivity index (χ3n) is 3.40. The summed E-state index contributed by atoms with van der Waals surface area (Å²) in [6, 6.07) is 4.97. The lowest BCUT2D eigenvalue weighted by Crippen LogP contribution is -2.49. The van der Waals surface area contributed by atoms with Gasteiger partial charge in [0.05, 0.1) is 0 Å². The Hall–Kier alpha value is -1.43. The smallest absolute Gasteiger partial charge is 0.406 e. The molecular weight excluding hydrogens is 245 g/mol. The number of hydrogen-bond acceptors (Lipinski definition) is 3. The molecule has 0 bridgehead atoms. The molecule has 0 spiro atoms. The lowest BCUT2D eigenvalue weighted by molar-refractivity contribution is -0.274. The Morgan fingerprint density at radius 2 is 2.17 bits per heavy atom. The van der Waals surface area contributed by atoms with Gasteiger partial charge in [-0.1, -0.05) is 0 Å². The van der Waals surface area contributed by atoms with Gasteiger partial charge < -0.3 is 15.0 Å². The Labute approximate surface area is 103 Å². The van der Waals surface area contributed by atoms with E-state index in [0.717, 1.165) is 37.3 Å². The molecule has 0 aromatic heterocycles. The summed E-state index contributed by atoms with van der Waals surface area (Å²) in [6.07, 6.45) is -3.85. The molecule has 1 aromatic rings. The van der Waals surface area contributed by atoms with Crippen LogP contribution in [-0.2, 0) is 6.42 Å². The maximum atomic E-state index is 12.1. The van der Waals surface area contributed by atoms with Gasteiger partial charge in [-0.3, -0.25) is 0 Å². The highest BCUT2D eigenvalue weighted by Crippen LogP contribution is 2.36. The van der Waals surface area contributed by atoms with Gasteiger partial charge in [0, 0.05) is 31.4 Å². The molecule has 6 heteroatoms. The predicted molar refractivity (Wildman–Crippen MR) is 60.8 cm³/mol. The SMILES string of the molecule is FC(F)(F)Oc1ccc2c(c1)CC1CNCCN21. The number of alkyl halides is 3. The van der Waals surface area contributed by atoms with Crippen molar-refractivity contribution in [1.29, 1.82) is 0 Å². The summed E-state index contributed by atoms with van der Waals surface area (Å²) in [5.41, 5.74) is 1.97. The first-order valence-corrected chi connectivity index (χ1v) is 5.89. The summed E-state index contributed by atoms with van der Waals surface area (Å²) >= 11 is 0. The summed E-state index contributed by atoms with van der Waals surface area (Å²) in [5.74, 6) is -0.131. The van der Waals surface area contributed by atoms with Gasteiger partial charge in [0.2, 0.25) is 0 Å². The van der Waals surface area contributed by atoms with Crippen molar-refractivity contribution in [2.45, 2.75) is 18.8 Å². The van der Waals surface area contributed by atoms with E-state index in [0.29, 0.717) is 6.04 Å². The van der Waals surface area contributed by atoms with Gasteiger partial charge in [-0.2, -0.15) is 0 Å². The number of hydrogen-bond donors (Lipinski definition) is 1. The molecule has 1 aromatic carbocycles. The first kappa shape index (κ1) is 11.6. The van der Waals surface area contributed by atoms with E-state index in [2.05, 4.69) is 15.0 Å². The van der Waals surface area contributed by atoms with E-state index < -0.39 is 6.36 Å². The summed E-state index contributed by atoms with van der Waals surface area (Å²) in [6.45, 7) is 2.69. The minimum Gasteiger partial charge on any atom is -0.406 e. The fraction of sp³-hybridized carbons (Fsp3) is 0.500. The molecule has 3 rings (SSSR count). The number of piperazine rings is 1. The molecule has 1 unspecified atom stereocenters. The topological polar surface area (TPSA) is 24.5 Å². The standard InChI is InChI=1S/C12H13F3N2O/c13-12(14,15)18-10-1-2-11-8(6-10)5-9-7-16-3-4-17(9)11/h1-2,6,9,16H,3-5,7H2. The van der Waals surface area contributed by atoms with E-state index in [4.69, 9.17) is 0 Å². The van der Waals surface area contributed by atoms with Gasteiger partial charge in [-0.25, -0.2) is 0 Å². The van der Waals surface area contributed by atoms with E-state index in [1.54, 1.807) is 6.07 Å². The number of benzene rings is 1. The molecule has 0 aliphatic carbocycles. The first-order valence-electron chi connectivity index (χ1n) is 5.89. The average molecular weight is 258 g/mol. The number of halogens is 3. The van der Waals surface area contributed by atoms with Crippen molar-refractivity contribution in [3.63, 3.8) is 0 Å². The summed E-state index contributed by atoms with van der Waals surface area (Å²) in [5, 5.41) is 3.29. The Balaban J connectivity index is 1.85. The van der Waals surface area contributed by atoms with Gasteiger partial charge in [0.25, 0.3) is 0 Å². The minimum atomic E-state index is -4.62. The molecule has 1 atom stereocenters. The van der Waals surface area contributed by atoms with Crippen LogP contribution in [-0.4, -0.2) is 32.0 Å². The zero-order chi connectivity index (χ0) is 12.8. The predicted octanol–water partition coefficient (Wildman–Crippen LogP) is 1.92. The molecule has 2 aliphatic heterocycles. The molecule has 18 heavy (non-hydrogen) atoms. The minimum absolute atomic E-state index is 0.131. The maximum absolute atomic E-state index is 12.1. The maximum Gasteiger partial charge on any atom is 0.573 e. The highest BCUT2D eigenvalue weighted by molar-refractivity contribution is 5.62. The van der Waals surface area contributed by atoms with E-state index in [1.807, 2.05) is 0 Å². The van der Waals surface area contributed by atoms with Crippen LogP contribution >= 0.6 is 0 Å². The van der Waals surface area contributed by atoms with Gasteiger partial charge in [0.15, 0.2) is 0 Å². The zero-order valence-corrected chi connectivity index (χ0v) is 9.63. The van der Waals surface area contributed by atoms with Crippen LogP contribution in [0.25, 0.3) is 0 Å². The van der Waals surface area contributed by atoms with Crippen LogP contribution in [0, 0.1) is 0 Å². The monoisotopic (exact) mass is 258 g/mol. The fourth-order valence-corrected chi connectivity index (χ4v) is 2.72. The van der Waals surface area contributed by atoms with Crippen LogP contribution in [0.3, 0.4) is 0 Å². The van der Waals surface area contributed by atoms with Crippen molar-refractivity contribution in [1.82, 2.24) is 5.32 Å². The molecule has 1 saturated heterocycles. The number of rotatable bonds is 1. The summed E-state index contributed by atoms with van der Waals surface area (Å²) in [7, 11) is 0. The molecule has 1 N–H and O–H groups in total. The Morgan fingerprint density at radius 1 is 1.33 bits per heavy atom. The van der Waals surface area contributed by atoms with Crippen LogP contribution in [0.15, 0.2) is 18.2 Å². The molecule has 0 radical (unpaired) electrons. The third kappa shape index (κ3) is 2.12. The zero-order valence-electron chi connectivity index (χ0n) is 9.63. The van der Waals surface area contributed by atoms with E-state index in [9.17, 15) is 13.2 Å². The molecule has 2 aliphatic rings. The van der Waals surface area contributed by atoms with Crippen LogP contribution in [0.4, 0.5) is 18.9 Å². The fourth-order valence-electron chi connectivity index (χ4n) is 2.72. The molecule has 1 fully saturated rings. The van der Waals surface area contributed by atoms with E-state index in [1.165, 1.54) is 12.1 Å². The number of nitrogens with one attached hydrogen (secondary N) is 1. The molecule has 0 amide bonds. The van der Waals surface area contributed by atoms with Crippen LogP contribution < -0.4 is 15.0 Å². The quantitative estimate of drug-likeness (QED) is 0.833. The second-order valence-corrected chi connectivity index (χ2v) is 4.59. The normalized spacial score (nSPS) is 22.6. The van der Waals surface area contributed by atoms with Crippen molar-refractivity contribution in [3.05, 3.63) is 23.8 Å². The summed E-state index contributed by atoms with van der Waals surface area (Å²) < 4.78 is 40.4.